The van der Waals surface area contributed by atoms with Crippen LogP contribution < -0.4 is 9.62 Å². The van der Waals surface area contributed by atoms with Crippen molar-refractivity contribution in [3.63, 3.8) is 0 Å². The third-order valence-electron chi connectivity index (χ3n) is 4.07. The summed E-state index contributed by atoms with van der Waals surface area (Å²) in [5, 5.41) is 2.28. The average molecular weight is 384 g/mol. The fourth-order valence-corrected chi connectivity index (χ4v) is 4.22. The van der Waals surface area contributed by atoms with E-state index in [4.69, 9.17) is 0 Å². The van der Waals surface area contributed by atoms with Crippen molar-refractivity contribution in [1.29, 1.82) is 0 Å². The van der Waals surface area contributed by atoms with Crippen LogP contribution in [0.4, 0.5) is 18.9 Å². The smallest absolute Gasteiger partial charge is 0.251 e. The third kappa shape index (κ3) is 3.52. The zero-order valence-electron chi connectivity index (χ0n) is 13.5. The van der Waals surface area contributed by atoms with Crippen LogP contribution in [0.5, 0.6) is 0 Å². The molecule has 2 aromatic carbocycles. The van der Waals surface area contributed by atoms with Gasteiger partial charge in [-0.05, 0) is 30.2 Å². The summed E-state index contributed by atoms with van der Waals surface area (Å²) in [6, 6.07) is 8.24. The Morgan fingerprint density at radius 1 is 1.12 bits per heavy atom. The highest BCUT2D eigenvalue weighted by atomic mass is 32.2. The summed E-state index contributed by atoms with van der Waals surface area (Å²) in [5.74, 6) is -5.91. The second kappa shape index (κ2) is 6.99. The first-order valence-electron chi connectivity index (χ1n) is 7.80. The van der Waals surface area contributed by atoms with Gasteiger partial charge in [0.2, 0.25) is 10.0 Å². The number of halogens is 3. The van der Waals surface area contributed by atoms with Crippen molar-refractivity contribution in [3.05, 3.63) is 65.0 Å². The first-order chi connectivity index (χ1) is 12.3. The van der Waals surface area contributed by atoms with E-state index in [0.717, 1.165) is 5.56 Å². The maximum Gasteiger partial charge on any atom is 0.251 e. The minimum absolute atomic E-state index is 0.250. The van der Waals surface area contributed by atoms with Gasteiger partial charge in [0.05, 0.1) is 11.4 Å². The van der Waals surface area contributed by atoms with E-state index in [2.05, 4.69) is 5.32 Å². The molecular formula is C17H15F3N2O3S. The van der Waals surface area contributed by atoms with E-state index in [1.54, 1.807) is 12.1 Å². The van der Waals surface area contributed by atoms with Gasteiger partial charge in [-0.1, -0.05) is 18.2 Å². The molecule has 9 heteroatoms. The molecule has 0 saturated carbocycles. The van der Waals surface area contributed by atoms with Crippen molar-refractivity contribution in [1.82, 2.24) is 5.32 Å². The number of nitrogens with zero attached hydrogens (tertiary/aromatic N) is 1. The number of benzene rings is 2. The number of nitrogens with one attached hydrogen (secondary N) is 1. The molecule has 0 unspecified atom stereocenters. The molecular weight excluding hydrogens is 369 g/mol. The third-order valence-corrected chi connectivity index (χ3v) is 5.84. The number of sulfonamides is 1. The molecule has 1 heterocycles. The van der Waals surface area contributed by atoms with E-state index in [1.807, 2.05) is 12.1 Å². The van der Waals surface area contributed by atoms with Crippen LogP contribution in [0.2, 0.25) is 0 Å². The highest BCUT2D eigenvalue weighted by Crippen LogP contribution is 2.29. The number of amides is 1. The molecule has 1 aliphatic heterocycles. The summed E-state index contributed by atoms with van der Waals surface area (Å²) in [7, 11) is -3.66. The molecule has 138 valence electrons. The molecule has 1 N–H and O–H groups in total. The van der Waals surface area contributed by atoms with Gasteiger partial charge in [-0.25, -0.2) is 21.6 Å². The minimum Gasteiger partial charge on any atom is -0.351 e. The van der Waals surface area contributed by atoms with Gasteiger partial charge in [-0.3, -0.25) is 9.10 Å². The number of hydrogen-bond acceptors (Lipinski definition) is 3. The molecule has 0 aliphatic carbocycles. The Morgan fingerprint density at radius 2 is 1.77 bits per heavy atom. The van der Waals surface area contributed by atoms with Crippen LogP contribution in [-0.4, -0.2) is 33.2 Å². The molecule has 1 aliphatic rings. The number of hydrogen-bond donors (Lipinski definition) is 1. The second-order valence-corrected chi connectivity index (χ2v) is 7.79. The largest absolute Gasteiger partial charge is 0.351 e. The van der Waals surface area contributed by atoms with Gasteiger partial charge in [-0.15, -0.1) is 0 Å². The summed E-state index contributed by atoms with van der Waals surface area (Å²) in [6.45, 7) is 0.0739. The molecule has 2 aromatic rings. The Balaban J connectivity index is 1.64. The lowest BCUT2D eigenvalue weighted by Crippen LogP contribution is -2.37. The Kier molecular flexibility index (Phi) is 4.90. The molecule has 5 nitrogen and oxygen atoms in total. The van der Waals surface area contributed by atoms with Crippen LogP contribution in [0.1, 0.15) is 15.9 Å². The molecule has 0 fully saturated rings. The van der Waals surface area contributed by atoms with E-state index >= 15 is 0 Å². The molecule has 1 amide bonds. The fraction of sp³-hybridized carbons (Fsp3) is 0.235. The van der Waals surface area contributed by atoms with Crippen LogP contribution in [0.15, 0.2) is 36.4 Å². The van der Waals surface area contributed by atoms with E-state index in [9.17, 15) is 26.4 Å². The van der Waals surface area contributed by atoms with Crippen molar-refractivity contribution in [3.8, 4) is 0 Å². The van der Waals surface area contributed by atoms with Crippen LogP contribution in [0, 0.1) is 17.5 Å². The van der Waals surface area contributed by atoms with Crippen LogP contribution in [-0.2, 0) is 16.4 Å². The lowest BCUT2D eigenvalue weighted by atomic mass is 10.2. The van der Waals surface area contributed by atoms with E-state index in [1.165, 1.54) is 4.31 Å². The highest BCUT2D eigenvalue weighted by Gasteiger charge is 2.28. The predicted octanol–water partition coefficient (Wildman–Crippen LogP) is 2.23. The number of carbonyl (C=O) groups is 1. The first-order valence-corrected chi connectivity index (χ1v) is 9.41. The summed E-state index contributed by atoms with van der Waals surface area (Å²) >= 11 is 0. The molecule has 0 saturated heterocycles. The van der Waals surface area contributed by atoms with E-state index in [0.29, 0.717) is 30.8 Å². The average Bonchev–Trinajstić information content (AvgIpc) is 3.04. The standard InChI is InChI=1S/C17H15F3N2O3S/c18-13-9-12(10-14(19)16(13)20)17(23)21-6-8-26(24,25)22-7-5-11-3-1-2-4-15(11)22/h1-4,9-10H,5-8H2,(H,21,23). The van der Waals surface area contributed by atoms with E-state index in [-0.39, 0.29) is 12.3 Å². The van der Waals surface area contributed by atoms with Crippen LogP contribution >= 0.6 is 0 Å². The molecule has 0 bridgehead atoms. The molecule has 0 radical (unpaired) electrons. The summed E-state index contributed by atoms with van der Waals surface area (Å²) in [4.78, 5) is 11.9. The predicted molar refractivity (Wildman–Crippen MR) is 89.9 cm³/mol. The first kappa shape index (κ1) is 18.2. The van der Waals surface area contributed by atoms with Gasteiger partial charge in [-0.2, -0.15) is 0 Å². The zero-order chi connectivity index (χ0) is 18.9. The maximum atomic E-state index is 13.2. The quantitative estimate of drug-likeness (QED) is 0.804. The second-order valence-electron chi connectivity index (χ2n) is 5.78. The summed E-state index contributed by atoms with van der Waals surface area (Å²) in [5.41, 5.74) is 1.11. The number of anilines is 1. The van der Waals surface area contributed by atoms with Gasteiger partial charge in [0.1, 0.15) is 0 Å². The van der Waals surface area contributed by atoms with Gasteiger partial charge < -0.3 is 5.32 Å². The molecule has 3 rings (SSSR count). The van der Waals surface area contributed by atoms with Crippen molar-refractivity contribution in [2.24, 2.45) is 0 Å². The zero-order valence-corrected chi connectivity index (χ0v) is 14.3. The van der Waals surface area contributed by atoms with E-state index < -0.39 is 38.9 Å². The monoisotopic (exact) mass is 384 g/mol. The Hall–Kier alpha value is -2.55. The summed E-state index contributed by atoms with van der Waals surface area (Å²) < 4.78 is 65.5. The molecule has 0 aromatic heterocycles. The Labute approximate surface area is 148 Å². The maximum absolute atomic E-state index is 13.2. The Morgan fingerprint density at radius 3 is 2.46 bits per heavy atom. The molecule has 0 atom stereocenters. The molecule has 0 spiro atoms. The van der Waals surface area contributed by atoms with Crippen molar-refractivity contribution in [2.75, 3.05) is 23.1 Å². The number of fused-ring (bicyclic) bond motifs is 1. The molecule has 26 heavy (non-hydrogen) atoms. The highest BCUT2D eigenvalue weighted by molar-refractivity contribution is 7.92. The SMILES string of the molecule is O=C(NCCS(=O)(=O)N1CCc2ccccc21)c1cc(F)c(F)c(F)c1. The van der Waals surface area contributed by atoms with Crippen LogP contribution in [0.3, 0.4) is 0 Å². The lowest BCUT2D eigenvalue weighted by Gasteiger charge is -2.19. The fourth-order valence-electron chi connectivity index (χ4n) is 2.79. The topological polar surface area (TPSA) is 66.5 Å². The lowest BCUT2D eigenvalue weighted by molar-refractivity contribution is 0.0955. The minimum atomic E-state index is -3.66. The van der Waals surface area contributed by atoms with Crippen molar-refractivity contribution in [2.45, 2.75) is 6.42 Å². The van der Waals surface area contributed by atoms with Crippen molar-refractivity contribution < 1.29 is 26.4 Å². The number of carbonyl (C=O) groups excluding carboxylic acids is 1. The van der Waals surface area contributed by atoms with Gasteiger partial charge in [0.15, 0.2) is 17.5 Å². The summed E-state index contributed by atoms with van der Waals surface area (Å²) in [6.07, 6.45) is 0.607. The van der Waals surface area contributed by atoms with Crippen molar-refractivity contribution >= 4 is 21.6 Å². The van der Waals surface area contributed by atoms with Gasteiger partial charge in [0, 0.05) is 18.7 Å². The Bertz CT molecular complexity index is 940. The normalized spacial score (nSPS) is 13.6. The number of para-hydroxylation sites is 1. The van der Waals surface area contributed by atoms with Crippen LogP contribution in [0.25, 0.3) is 0 Å². The van der Waals surface area contributed by atoms with Gasteiger partial charge in [0.25, 0.3) is 5.91 Å². The van der Waals surface area contributed by atoms with Gasteiger partial charge >= 0.3 is 0 Å². The number of rotatable bonds is 5.